The molecule has 0 aliphatic heterocycles. The summed E-state index contributed by atoms with van der Waals surface area (Å²) in [5, 5.41) is 0. The molecule has 0 aromatic rings. The molecule has 2 fully saturated rings. The molecule has 2 aliphatic rings. The zero-order chi connectivity index (χ0) is 7.90. The maximum Gasteiger partial charge on any atom is -0.0269 e. The van der Waals surface area contributed by atoms with Crippen molar-refractivity contribution in [2.24, 2.45) is 17.3 Å². The molecule has 1 spiro atoms. The third-order valence-electron chi connectivity index (χ3n) is 4.25. The average Bonchev–Trinajstić information content (AvgIpc) is 2.46. The van der Waals surface area contributed by atoms with Crippen molar-refractivity contribution in [1.29, 1.82) is 0 Å². The maximum absolute atomic E-state index is 2.48. The molecule has 11 heavy (non-hydrogen) atoms. The predicted octanol–water partition coefficient (Wildman–Crippen LogP) is 3.61. The molecule has 0 heteroatoms. The average molecular weight is 152 g/mol. The van der Waals surface area contributed by atoms with Gasteiger partial charge in [0.05, 0.1) is 0 Å². The standard InChI is InChI=1S/C11H20/c1-9-5-7-11(8-9)6-3-4-10(11)2/h9-10H,3-8H2,1-2H3/t9-,10-,11?/m0/s1. The third kappa shape index (κ3) is 1.11. The van der Waals surface area contributed by atoms with E-state index in [4.69, 9.17) is 0 Å². The van der Waals surface area contributed by atoms with Gasteiger partial charge in [-0.1, -0.05) is 33.1 Å². The zero-order valence-corrected chi connectivity index (χ0v) is 7.90. The van der Waals surface area contributed by atoms with Crippen molar-refractivity contribution in [3.8, 4) is 0 Å². The van der Waals surface area contributed by atoms with E-state index in [0.717, 1.165) is 17.3 Å². The fourth-order valence-corrected chi connectivity index (χ4v) is 3.42. The van der Waals surface area contributed by atoms with Gasteiger partial charge in [-0.3, -0.25) is 0 Å². The van der Waals surface area contributed by atoms with Gasteiger partial charge in [0.1, 0.15) is 0 Å². The van der Waals surface area contributed by atoms with Crippen LogP contribution in [0, 0.1) is 17.3 Å². The highest BCUT2D eigenvalue weighted by molar-refractivity contribution is 4.95. The van der Waals surface area contributed by atoms with Gasteiger partial charge in [0.2, 0.25) is 0 Å². The first kappa shape index (κ1) is 7.64. The molecular formula is C11H20. The van der Waals surface area contributed by atoms with Crippen molar-refractivity contribution in [2.45, 2.75) is 52.4 Å². The largest absolute Gasteiger partial charge is 0.0625 e. The highest BCUT2D eigenvalue weighted by atomic mass is 14.5. The molecule has 3 atom stereocenters. The second kappa shape index (κ2) is 2.50. The summed E-state index contributed by atoms with van der Waals surface area (Å²) in [6, 6.07) is 0. The normalized spacial score (nSPS) is 50.7. The van der Waals surface area contributed by atoms with Crippen LogP contribution in [0.15, 0.2) is 0 Å². The number of rotatable bonds is 0. The monoisotopic (exact) mass is 152 g/mol. The number of hydrogen-bond donors (Lipinski definition) is 0. The van der Waals surface area contributed by atoms with Crippen LogP contribution < -0.4 is 0 Å². The fourth-order valence-electron chi connectivity index (χ4n) is 3.42. The van der Waals surface area contributed by atoms with Gasteiger partial charge in [0.15, 0.2) is 0 Å². The summed E-state index contributed by atoms with van der Waals surface area (Å²) >= 11 is 0. The summed E-state index contributed by atoms with van der Waals surface area (Å²) in [4.78, 5) is 0. The molecule has 0 radical (unpaired) electrons. The van der Waals surface area contributed by atoms with Gasteiger partial charge >= 0.3 is 0 Å². The van der Waals surface area contributed by atoms with Gasteiger partial charge in [-0.15, -0.1) is 0 Å². The fraction of sp³-hybridized carbons (Fsp3) is 1.00. The summed E-state index contributed by atoms with van der Waals surface area (Å²) in [5.74, 6) is 2.06. The van der Waals surface area contributed by atoms with Crippen LogP contribution in [0.5, 0.6) is 0 Å². The second-order valence-electron chi connectivity index (χ2n) is 5.00. The lowest BCUT2D eigenvalue weighted by Gasteiger charge is -2.28. The minimum Gasteiger partial charge on any atom is -0.0625 e. The van der Waals surface area contributed by atoms with Crippen LogP contribution in [0.1, 0.15) is 52.4 Å². The highest BCUT2D eigenvalue weighted by Crippen LogP contribution is 2.55. The quantitative estimate of drug-likeness (QED) is 0.497. The first-order valence-electron chi connectivity index (χ1n) is 5.23. The van der Waals surface area contributed by atoms with Crippen molar-refractivity contribution >= 4 is 0 Å². The van der Waals surface area contributed by atoms with Gasteiger partial charge in [0, 0.05) is 0 Å². The van der Waals surface area contributed by atoms with Crippen LogP contribution in [0.2, 0.25) is 0 Å². The van der Waals surface area contributed by atoms with Crippen LogP contribution in [-0.2, 0) is 0 Å². The molecule has 0 bridgehead atoms. The van der Waals surface area contributed by atoms with Crippen molar-refractivity contribution < 1.29 is 0 Å². The first-order chi connectivity index (χ1) is 5.23. The molecule has 1 unspecified atom stereocenters. The molecule has 0 aromatic heterocycles. The van der Waals surface area contributed by atoms with Gasteiger partial charge in [0.25, 0.3) is 0 Å². The Morgan fingerprint density at radius 1 is 1.09 bits per heavy atom. The third-order valence-corrected chi connectivity index (χ3v) is 4.25. The summed E-state index contributed by atoms with van der Waals surface area (Å²) in [6.07, 6.45) is 9.13. The number of hydrogen-bond acceptors (Lipinski definition) is 0. The van der Waals surface area contributed by atoms with Gasteiger partial charge in [-0.05, 0) is 36.5 Å². The molecule has 0 amide bonds. The molecule has 0 saturated heterocycles. The van der Waals surface area contributed by atoms with E-state index >= 15 is 0 Å². The Morgan fingerprint density at radius 2 is 1.91 bits per heavy atom. The Morgan fingerprint density at radius 3 is 2.36 bits per heavy atom. The van der Waals surface area contributed by atoms with E-state index in [-0.39, 0.29) is 0 Å². The summed E-state index contributed by atoms with van der Waals surface area (Å²) in [7, 11) is 0. The molecule has 2 aliphatic carbocycles. The van der Waals surface area contributed by atoms with Gasteiger partial charge < -0.3 is 0 Å². The van der Waals surface area contributed by atoms with Gasteiger partial charge in [-0.25, -0.2) is 0 Å². The Balaban J connectivity index is 2.10. The SMILES string of the molecule is C[C@H]1CCC2(CCC[C@@H]2C)C1. The molecule has 2 rings (SSSR count). The lowest BCUT2D eigenvalue weighted by atomic mass is 9.77. The van der Waals surface area contributed by atoms with Crippen molar-refractivity contribution in [1.82, 2.24) is 0 Å². The van der Waals surface area contributed by atoms with E-state index in [1.54, 1.807) is 6.42 Å². The van der Waals surface area contributed by atoms with Crippen molar-refractivity contribution in [3.63, 3.8) is 0 Å². The molecule has 0 N–H and O–H groups in total. The van der Waals surface area contributed by atoms with Gasteiger partial charge in [-0.2, -0.15) is 0 Å². The minimum absolute atomic E-state index is 0.819. The van der Waals surface area contributed by atoms with Crippen molar-refractivity contribution in [2.75, 3.05) is 0 Å². The molecular weight excluding hydrogens is 132 g/mol. The van der Waals surface area contributed by atoms with Crippen LogP contribution in [0.4, 0.5) is 0 Å². The van der Waals surface area contributed by atoms with E-state index < -0.39 is 0 Å². The van der Waals surface area contributed by atoms with E-state index in [0.29, 0.717) is 0 Å². The lowest BCUT2D eigenvalue weighted by molar-refractivity contribution is 0.216. The Kier molecular flexibility index (Phi) is 1.74. The molecule has 2 saturated carbocycles. The predicted molar refractivity (Wildman–Crippen MR) is 48.5 cm³/mol. The van der Waals surface area contributed by atoms with Crippen molar-refractivity contribution in [3.05, 3.63) is 0 Å². The summed E-state index contributed by atoms with van der Waals surface area (Å²) < 4.78 is 0. The lowest BCUT2D eigenvalue weighted by Crippen LogP contribution is -2.19. The zero-order valence-electron chi connectivity index (χ0n) is 7.90. The van der Waals surface area contributed by atoms with Crippen LogP contribution in [-0.4, -0.2) is 0 Å². The maximum atomic E-state index is 2.48. The molecule has 0 nitrogen and oxygen atoms in total. The van der Waals surface area contributed by atoms with E-state index in [1.165, 1.54) is 32.1 Å². The van der Waals surface area contributed by atoms with Crippen LogP contribution >= 0.6 is 0 Å². The topological polar surface area (TPSA) is 0 Å². The molecule has 0 aromatic carbocycles. The smallest absolute Gasteiger partial charge is 0.0269 e. The minimum atomic E-state index is 0.819. The Labute approximate surface area is 70.4 Å². The summed E-state index contributed by atoms with van der Waals surface area (Å²) in [6.45, 7) is 4.91. The summed E-state index contributed by atoms with van der Waals surface area (Å²) in [5.41, 5.74) is 0.819. The first-order valence-corrected chi connectivity index (χ1v) is 5.23. The molecule has 64 valence electrons. The van der Waals surface area contributed by atoms with Crippen LogP contribution in [0.3, 0.4) is 0 Å². The molecule has 0 heterocycles. The van der Waals surface area contributed by atoms with E-state index in [1.807, 2.05) is 0 Å². The van der Waals surface area contributed by atoms with E-state index in [2.05, 4.69) is 13.8 Å². The Hall–Kier alpha value is 0. The highest BCUT2D eigenvalue weighted by Gasteiger charge is 2.44. The van der Waals surface area contributed by atoms with Crippen LogP contribution in [0.25, 0.3) is 0 Å². The van der Waals surface area contributed by atoms with E-state index in [9.17, 15) is 0 Å². The Bertz CT molecular complexity index is 150. The second-order valence-corrected chi connectivity index (χ2v) is 5.00.